The molecular weight excluding hydrogens is 242 g/mol. The molecule has 1 rings (SSSR count). The number of benzene rings is 1. The molecule has 1 nitrogen and oxygen atoms in total. The molecule has 0 atom stereocenters. The van der Waals surface area contributed by atoms with Crippen molar-refractivity contribution in [1.82, 2.24) is 0 Å². The van der Waals surface area contributed by atoms with E-state index in [-0.39, 0.29) is 13.0 Å². The highest BCUT2D eigenvalue weighted by atomic mass is 79.9. The highest BCUT2D eigenvalue weighted by Crippen LogP contribution is 2.18. The van der Waals surface area contributed by atoms with Crippen LogP contribution < -0.4 is 4.74 Å². The molecule has 0 aromatic heterocycles. The summed E-state index contributed by atoms with van der Waals surface area (Å²) in [7, 11) is 0. The molecule has 0 N–H and O–H groups in total. The molecule has 0 aliphatic heterocycles. The van der Waals surface area contributed by atoms with E-state index in [1.807, 2.05) is 6.07 Å². The molecule has 0 heterocycles. The van der Waals surface area contributed by atoms with Gasteiger partial charge in [-0.25, -0.2) is 8.78 Å². The summed E-state index contributed by atoms with van der Waals surface area (Å²) < 4.78 is 29.4. The number of rotatable bonds is 4. The first-order chi connectivity index (χ1) is 6.18. The Hall–Kier alpha value is -0.640. The molecule has 0 fully saturated rings. The van der Waals surface area contributed by atoms with Crippen LogP contribution in [-0.4, -0.2) is 13.0 Å². The lowest BCUT2D eigenvalue weighted by molar-refractivity contribution is 0.114. The Bertz CT molecular complexity index is 266. The molecule has 0 radical (unpaired) electrons. The summed E-state index contributed by atoms with van der Waals surface area (Å²) in [4.78, 5) is 0. The minimum Gasteiger partial charge on any atom is -0.493 e. The highest BCUT2D eigenvalue weighted by molar-refractivity contribution is 9.10. The Morgan fingerprint density at radius 2 is 2.15 bits per heavy atom. The lowest BCUT2D eigenvalue weighted by Gasteiger charge is -2.05. The number of ether oxygens (including phenoxy) is 1. The zero-order valence-corrected chi connectivity index (χ0v) is 8.43. The van der Waals surface area contributed by atoms with E-state index in [2.05, 4.69) is 15.9 Å². The van der Waals surface area contributed by atoms with Gasteiger partial charge in [-0.05, 0) is 18.2 Å². The minimum atomic E-state index is -2.30. The number of hydrogen-bond acceptors (Lipinski definition) is 1. The van der Waals surface area contributed by atoms with Crippen LogP contribution in [0, 0.1) is 0 Å². The Morgan fingerprint density at radius 1 is 1.38 bits per heavy atom. The molecule has 0 aliphatic carbocycles. The van der Waals surface area contributed by atoms with Crippen LogP contribution in [0.15, 0.2) is 28.7 Å². The molecule has 0 amide bonds. The fourth-order valence-corrected chi connectivity index (χ4v) is 1.20. The lowest BCUT2D eigenvalue weighted by Crippen LogP contribution is -2.02. The van der Waals surface area contributed by atoms with Gasteiger partial charge in [0.05, 0.1) is 6.61 Å². The van der Waals surface area contributed by atoms with Crippen LogP contribution in [0.5, 0.6) is 5.75 Å². The zero-order chi connectivity index (χ0) is 9.68. The van der Waals surface area contributed by atoms with Gasteiger partial charge in [0.2, 0.25) is 6.43 Å². The van der Waals surface area contributed by atoms with Crippen molar-refractivity contribution in [2.24, 2.45) is 0 Å². The Morgan fingerprint density at radius 3 is 2.77 bits per heavy atom. The standard InChI is InChI=1S/C9H9BrF2O/c10-7-2-1-3-8(6-7)13-5-4-9(11)12/h1-3,6,9H,4-5H2. The summed E-state index contributed by atoms with van der Waals surface area (Å²) in [6.07, 6.45) is -2.53. The third-order valence-electron chi connectivity index (χ3n) is 1.40. The van der Waals surface area contributed by atoms with Crippen LogP contribution in [0.1, 0.15) is 6.42 Å². The normalized spacial score (nSPS) is 10.5. The van der Waals surface area contributed by atoms with Crippen molar-refractivity contribution in [2.75, 3.05) is 6.61 Å². The molecule has 1 aromatic carbocycles. The van der Waals surface area contributed by atoms with Gasteiger partial charge >= 0.3 is 0 Å². The van der Waals surface area contributed by atoms with Crippen molar-refractivity contribution in [2.45, 2.75) is 12.8 Å². The van der Waals surface area contributed by atoms with E-state index < -0.39 is 6.43 Å². The van der Waals surface area contributed by atoms with Crippen LogP contribution in [0.25, 0.3) is 0 Å². The van der Waals surface area contributed by atoms with Gasteiger partial charge in [0, 0.05) is 10.9 Å². The van der Waals surface area contributed by atoms with Crippen molar-refractivity contribution < 1.29 is 13.5 Å². The van der Waals surface area contributed by atoms with Crippen LogP contribution in [0.2, 0.25) is 0 Å². The second-order valence-corrected chi connectivity index (χ2v) is 3.40. The largest absolute Gasteiger partial charge is 0.493 e. The highest BCUT2D eigenvalue weighted by Gasteiger charge is 2.02. The molecule has 0 spiro atoms. The maximum atomic E-state index is 11.7. The summed E-state index contributed by atoms with van der Waals surface area (Å²) >= 11 is 3.25. The van der Waals surface area contributed by atoms with Crippen LogP contribution in [-0.2, 0) is 0 Å². The molecule has 0 aliphatic rings. The van der Waals surface area contributed by atoms with Crippen LogP contribution in [0.3, 0.4) is 0 Å². The van der Waals surface area contributed by atoms with E-state index in [0.29, 0.717) is 5.75 Å². The Balaban J connectivity index is 2.37. The summed E-state index contributed by atoms with van der Waals surface area (Å²) in [5.41, 5.74) is 0. The number of halogens is 3. The van der Waals surface area contributed by atoms with Gasteiger partial charge in [-0.1, -0.05) is 22.0 Å². The SMILES string of the molecule is FC(F)CCOc1cccc(Br)c1. The van der Waals surface area contributed by atoms with Crippen molar-refractivity contribution >= 4 is 15.9 Å². The molecule has 72 valence electrons. The summed E-state index contributed by atoms with van der Waals surface area (Å²) in [6, 6.07) is 7.11. The van der Waals surface area contributed by atoms with E-state index in [9.17, 15) is 8.78 Å². The van der Waals surface area contributed by atoms with E-state index >= 15 is 0 Å². The Labute approximate surface area is 83.8 Å². The fraction of sp³-hybridized carbons (Fsp3) is 0.333. The monoisotopic (exact) mass is 250 g/mol. The Kier molecular flexibility index (Phi) is 4.15. The minimum absolute atomic E-state index is 0.0497. The van der Waals surface area contributed by atoms with Crippen molar-refractivity contribution in [3.05, 3.63) is 28.7 Å². The van der Waals surface area contributed by atoms with Crippen molar-refractivity contribution in [3.63, 3.8) is 0 Å². The first kappa shape index (κ1) is 10.4. The molecule has 1 aromatic rings. The average Bonchev–Trinajstić information content (AvgIpc) is 2.03. The van der Waals surface area contributed by atoms with E-state index in [4.69, 9.17) is 4.74 Å². The predicted octanol–water partition coefficient (Wildman–Crippen LogP) is 3.48. The number of hydrogen-bond donors (Lipinski definition) is 0. The first-order valence-corrected chi connectivity index (χ1v) is 4.64. The topological polar surface area (TPSA) is 9.23 Å². The van der Waals surface area contributed by atoms with E-state index in [0.717, 1.165) is 4.47 Å². The summed E-state index contributed by atoms with van der Waals surface area (Å²) in [6.45, 7) is 0.0497. The third-order valence-corrected chi connectivity index (χ3v) is 1.89. The number of alkyl halides is 2. The van der Waals surface area contributed by atoms with Crippen molar-refractivity contribution in [3.8, 4) is 5.75 Å². The van der Waals surface area contributed by atoms with Gasteiger partial charge in [0.25, 0.3) is 0 Å². The maximum Gasteiger partial charge on any atom is 0.241 e. The second kappa shape index (κ2) is 5.17. The summed E-state index contributed by atoms with van der Waals surface area (Å²) in [5.74, 6) is 0.607. The van der Waals surface area contributed by atoms with Gasteiger partial charge in [-0.3, -0.25) is 0 Å². The quantitative estimate of drug-likeness (QED) is 0.795. The van der Waals surface area contributed by atoms with Gasteiger partial charge in [0.15, 0.2) is 0 Å². The van der Waals surface area contributed by atoms with E-state index in [1.165, 1.54) is 0 Å². The van der Waals surface area contributed by atoms with E-state index in [1.54, 1.807) is 18.2 Å². The molecule has 0 saturated carbocycles. The predicted molar refractivity (Wildman–Crippen MR) is 50.3 cm³/mol. The second-order valence-electron chi connectivity index (χ2n) is 2.49. The maximum absolute atomic E-state index is 11.7. The average molecular weight is 251 g/mol. The van der Waals surface area contributed by atoms with Crippen LogP contribution >= 0.6 is 15.9 Å². The summed E-state index contributed by atoms with van der Waals surface area (Å²) in [5, 5.41) is 0. The third kappa shape index (κ3) is 4.22. The van der Waals surface area contributed by atoms with Gasteiger partial charge in [-0.2, -0.15) is 0 Å². The first-order valence-electron chi connectivity index (χ1n) is 3.85. The molecule has 0 bridgehead atoms. The molecule has 0 saturated heterocycles. The lowest BCUT2D eigenvalue weighted by atomic mass is 10.3. The van der Waals surface area contributed by atoms with Crippen molar-refractivity contribution in [1.29, 1.82) is 0 Å². The zero-order valence-electron chi connectivity index (χ0n) is 6.84. The van der Waals surface area contributed by atoms with Gasteiger partial charge in [-0.15, -0.1) is 0 Å². The van der Waals surface area contributed by atoms with Gasteiger partial charge in [0.1, 0.15) is 5.75 Å². The van der Waals surface area contributed by atoms with Gasteiger partial charge < -0.3 is 4.74 Å². The molecule has 13 heavy (non-hydrogen) atoms. The molecular formula is C9H9BrF2O. The fourth-order valence-electron chi connectivity index (χ4n) is 0.823. The smallest absolute Gasteiger partial charge is 0.241 e. The van der Waals surface area contributed by atoms with Crippen LogP contribution in [0.4, 0.5) is 8.78 Å². The molecule has 4 heteroatoms. The molecule has 0 unspecified atom stereocenters.